The van der Waals surface area contributed by atoms with Crippen LogP contribution in [0, 0.1) is 0 Å². The van der Waals surface area contributed by atoms with Gasteiger partial charge in [0.15, 0.2) is 0 Å². The number of hydrogen-bond donors (Lipinski definition) is 0. The number of hydrogen-bond acceptors (Lipinski definition) is 1. The fourth-order valence-electron chi connectivity index (χ4n) is 1.84. The highest BCUT2D eigenvalue weighted by Crippen LogP contribution is 2.21. The number of alkyl halides is 1. The third-order valence-electron chi connectivity index (χ3n) is 3.00. The molecule has 0 amide bonds. The smallest absolute Gasteiger partial charge is 0.0721 e. The molecule has 1 rings (SSSR count). The van der Waals surface area contributed by atoms with E-state index >= 15 is 0 Å². The van der Waals surface area contributed by atoms with Crippen LogP contribution in [0.1, 0.15) is 45.6 Å². The molecule has 0 N–H and O–H groups in total. The van der Waals surface area contributed by atoms with Crippen LogP contribution >= 0.6 is 11.6 Å². The van der Waals surface area contributed by atoms with Gasteiger partial charge in [-0.1, -0.05) is 42.0 Å². The number of benzene rings is 1. The van der Waals surface area contributed by atoms with Gasteiger partial charge in [0.05, 0.1) is 13.2 Å². The molecule has 0 aromatic heterocycles. The molecule has 0 heterocycles. The molecule has 0 spiro atoms. The second kappa shape index (κ2) is 8.39. The van der Waals surface area contributed by atoms with Crippen LogP contribution in [0.2, 0.25) is 0 Å². The van der Waals surface area contributed by atoms with E-state index in [0.29, 0.717) is 13.2 Å². The van der Waals surface area contributed by atoms with Crippen molar-refractivity contribution in [1.29, 1.82) is 0 Å². The van der Waals surface area contributed by atoms with E-state index in [0.717, 1.165) is 19.3 Å². The van der Waals surface area contributed by atoms with Gasteiger partial charge in [0.1, 0.15) is 0 Å². The Labute approximate surface area is 122 Å². The zero-order valence-electron chi connectivity index (χ0n) is 12.3. The van der Waals surface area contributed by atoms with E-state index in [1.807, 2.05) is 18.2 Å². The second-order valence-electron chi connectivity index (χ2n) is 5.62. The van der Waals surface area contributed by atoms with Crippen molar-refractivity contribution >= 4 is 11.6 Å². The van der Waals surface area contributed by atoms with Gasteiger partial charge in [-0.15, -0.1) is 11.6 Å². The summed E-state index contributed by atoms with van der Waals surface area (Å²) >= 11 is 6.17. The Morgan fingerprint density at radius 2 is 1.95 bits per heavy atom. The van der Waals surface area contributed by atoms with Gasteiger partial charge in [-0.3, -0.25) is 0 Å². The van der Waals surface area contributed by atoms with Crippen LogP contribution in [0.3, 0.4) is 0 Å². The molecule has 0 aliphatic heterocycles. The molecular weight excluding hydrogens is 256 g/mol. The first-order valence-corrected chi connectivity index (χ1v) is 7.31. The summed E-state index contributed by atoms with van der Waals surface area (Å²) in [6, 6.07) is 10.3. The standard InChI is InChI=1S/C17H25ClO/c1-15(8-7-12-17(2,3)18)11-13-19-14-16-9-5-4-6-10-16/h4-6,9-11H,7-8,12-14H2,1-3H3/b15-11+. The fourth-order valence-corrected chi connectivity index (χ4v) is 1.98. The van der Waals surface area contributed by atoms with E-state index in [2.05, 4.69) is 39.0 Å². The summed E-state index contributed by atoms with van der Waals surface area (Å²) in [7, 11) is 0. The van der Waals surface area contributed by atoms with Crippen molar-refractivity contribution in [1.82, 2.24) is 0 Å². The van der Waals surface area contributed by atoms with Gasteiger partial charge < -0.3 is 4.74 Å². The summed E-state index contributed by atoms with van der Waals surface area (Å²) < 4.78 is 5.64. The lowest BCUT2D eigenvalue weighted by Gasteiger charge is -2.14. The van der Waals surface area contributed by atoms with E-state index in [-0.39, 0.29) is 4.87 Å². The molecule has 0 bridgehead atoms. The van der Waals surface area contributed by atoms with Crippen molar-refractivity contribution in [2.24, 2.45) is 0 Å². The number of rotatable bonds is 8. The van der Waals surface area contributed by atoms with Crippen LogP contribution in [0.4, 0.5) is 0 Å². The van der Waals surface area contributed by atoms with Crippen LogP contribution in [0.15, 0.2) is 42.0 Å². The quantitative estimate of drug-likeness (QED) is 0.355. The summed E-state index contributed by atoms with van der Waals surface area (Å²) in [5.74, 6) is 0. The van der Waals surface area contributed by atoms with Crippen molar-refractivity contribution in [2.45, 2.75) is 51.5 Å². The van der Waals surface area contributed by atoms with Gasteiger partial charge in [-0.25, -0.2) is 0 Å². The maximum Gasteiger partial charge on any atom is 0.0721 e. The highest BCUT2D eigenvalue weighted by Gasteiger charge is 2.11. The predicted octanol–water partition coefficient (Wildman–Crippen LogP) is 5.34. The molecule has 106 valence electrons. The van der Waals surface area contributed by atoms with Crippen molar-refractivity contribution in [2.75, 3.05) is 6.61 Å². The molecule has 19 heavy (non-hydrogen) atoms. The zero-order valence-corrected chi connectivity index (χ0v) is 13.0. The summed E-state index contributed by atoms with van der Waals surface area (Å²) in [5.41, 5.74) is 2.60. The monoisotopic (exact) mass is 280 g/mol. The molecule has 1 nitrogen and oxygen atoms in total. The Hall–Kier alpha value is -0.790. The maximum absolute atomic E-state index is 6.17. The minimum atomic E-state index is -0.0793. The van der Waals surface area contributed by atoms with Crippen molar-refractivity contribution in [3.63, 3.8) is 0 Å². The van der Waals surface area contributed by atoms with Gasteiger partial charge in [0.25, 0.3) is 0 Å². The van der Waals surface area contributed by atoms with Crippen LogP contribution < -0.4 is 0 Å². The van der Waals surface area contributed by atoms with Crippen LogP contribution in [-0.4, -0.2) is 11.5 Å². The van der Waals surface area contributed by atoms with E-state index in [9.17, 15) is 0 Å². The molecule has 0 unspecified atom stereocenters. The lowest BCUT2D eigenvalue weighted by atomic mass is 10.0. The number of allylic oxidation sites excluding steroid dienone is 1. The predicted molar refractivity (Wildman–Crippen MR) is 83.6 cm³/mol. The van der Waals surface area contributed by atoms with Crippen molar-refractivity contribution in [3.8, 4) is 0 Å². The first-order valence-electron chi connectivity index (χ1n) is 6.93. The summed E-state index contributed by atoms with van der Waals surface area (Å²) in [6.45, 7) is 7.66. The van der Waals surface area contributed by atoms with Gasteiger partial charge in [-0.2, -0.15) is 0 Å². The minimum absolute atomic E-state index is 0.0793. The average molecular weight is 281 g/mol. The van der Waals surface area contributed by atoms with Gasteiger partial charge >= 0.3 is 0 Å². The topological polar surface area (TPSA) is 9.23 Å². The molecule has 1 aromatic carbocycles. The Bertz CT molecular complexity index is 376. The SMILES string of the molecule is C/C(=C\COCc1ccccc1)CCCC(C)(C)Cl. The maximum atomic E-state index is 6.17. The fraction of sp³-hybridized carbons (Fsp3) is 0.529. The molecule has 0 aliphatic carbocycles. The molecule has 0 fully saturated rings. The Balaban J connectivity index is 2.14. The molecule has 2 heteroatoms. The first-order chi connectivity index (χ1) is 8.97. The van der Waals surface area contributed by atoms with E-state index in [1.54, 1.807) is 0 Å². The molecule has 0 saturated carbocycles. The number of ether oxygens (including phenoxy) is 1. The summed E-state index contributed by atoms with van der Waals surface area (Å²) in [5, 5.41) is 0. The Morgan fingerprint density at radius 3 is 2.58 bits per heavy atom. The van der Waals surface area contributed by atoms with Crippen molar-refractivity contribution in [3.05, 3.63) is 47.5 Å². The van der Waals surface area contributed by atoms with Crippen LogP contribution in [-0.2, 0) is 11.3 Å². The van der Waals surface area contributed by atoms with Gasteiger partial charge in [0.2, 0.25) is 0 Å². The third kappa shape index (κ3) is 8.85. The van der Waals surface area contributed by atoms with Gasteiger partial charge in [-0.05, 0) is 45.6 Å². The lowest BCUT2D eigenvalue weighted by Crippen LogP contribution is -2.09. The summed E-state index contributed by atoms with van der Waals surface area (Å²) in [4.78, 5) is -0.0793. The third-order valence-corrected chi connectivity index (χ3v) is 3.19. The Morgan fingerprint density at radius 1 is 1.26 bits per heavy atom. The normalized spacial score (nSPS) is 12.7. The van der Waals surface area contributed by atoms with E-state index in [4.69, 9.17) is 16.3 Å². The Kier molecular flexibility index (Phi) is 7.19. The first kappa shape index (κ1) is 16.3. The molecule has 0 saturated heterocycles. The highest BCUT2D eigenvalue weighted by molar-refractivity contribution is 6.23. The molecule has 0 radical (unpaired) electrons. The largest absolute Gasteiger partial charge is 0.373 e. The van der Waals surface area contributed by atoms with Gasteiger partial charge in [0, 0.05) is 4.87 Å². The molecular formula is C17H25ClO. The van der Waals surface area contributed by atoms with E-state index < -0.39 is 0 Å². The molecule has 0 atom stereocenters. The number of halogens is 1. The van der Waals surface area contributed by atoms with Crippen LogP contribution in [0.5, 0.6) is 0 Å². The van der Waals surface area contributed by atoms with Crippen molar-refractivity contribution < 1.29 is 4.74 Å². The summed E-state index contributed by atoms with van der Waals surface area (Å²) in [6.07, 6.45) is 5.46. The lowest BCUT2D eigenvalue weighted by molar-refractivity contribution is 0.148. The minimum Gasteiger partial charge on any atom is -0.373 e. The van der Waals surface area contributed by atoms with Crippen LogP contribution in [0.25, 0.3) is 0 Å². The molecule has 1 aromatic rings. The molecule has 0 aliphatic rings. The second-order valence-corrected chi connectivity index (χ2v) is 6.65. The van der Waals surface area contributed by atoms with E-state index in [1.165, 1.54) is 11.1 Å². The highest BCUT2D eigenvalue weighted by atomic mass is 35.5. The zero-order chi connectivity index (χ0) is 14.1. The average Bonchev–Trinajstić information content (AvgIpc) is 2.34.